The molecule has 0 bridgehead atoms. The van der Waals surface area contributed by atoms with Gasteiger partial charge in [0.25, 0.3) is 0 Å². The molecular formula is C11H19NO2. The lowest BCUT2D eigenvalue weighted by atomic mass is 10.1. The van der Waals surface area contributed by atoms with Crippen molar-refractivity contribution in [2.24, 2.45) is 5.41 Å². The molecule has 2 aliphatic heterocycles. The van der Waals surface area contributed by atoms with Gasteiger partial charge in [-0.3, -0.25) is 4.90 Å². The fourth-order valence-electron chi connectivity index (χ4n) is 2.58. The zero-order valence-corrected chi connectivity index (χ0v) is 8.87. The van der Waals surface area contributed by atoms with E-state index in [1.165, 1.54) is 19.4 Å². The Hall–Kier alpha value is -0.120. The molecule has 0 aromatic heterocycles. The van der Waals surface area contributed by atoms with E-state index in [0.717, 1.165) is 26.3 Å². The molecule has 3 nitrogen and oxygen atoms in total. The summed E-state index contributed by atoms with van der Waals surface area (Å²) >= 11 is 0. The van der Waals surface area contributed by atoms with E-state index in [9.17, 15) is 0 Å². The van der Waals surface area contributed by atoms with E-state index < -0.39 is 0 Å². The largest absolute Gasteiger partial charge is 0.372 e. The monoisotopic (exact) mass is 197 g/mol. The summed E-state index contributed by atoms with van der Waals surface area (Å²) in [4.78, 5) is 2.52. The molecule has 2 atom stereocenters. The van der Waals surface area contributed by atoms with Crippen LogP contribution in [0.5, 0.6) is 0 Å². The average molecular weight is 197 g/mol. The Bertz CT molecular complexity index is 213. The lowest BCUT2D eigenvalue weighted by molar-refractivity contribution is -0.116. The molecule has 3 heteroatoms. The van der Waals surface area contributed by atoms with Crippen molar-refractivity contribution in [3.05, 3.63) is 0 Å². The normalized spacial score (nSPS) is 40.9. The first-order valence-corrected chi connectivity index (χ1v) is 5.71. The summed E-state index contributed by atoms with van der Waals surface area (Å²) in [6, 6.07) is 0. The fourth-order valence-corrected chi connectivity index (χ4v) is 2.58. The number of likely N-dealkylation sites (tertiary alicyclic amines) is 1. The molecule has 0 radical (unpaired) electrons. The molecule has 0 amide bonds. The van der Waals surface area contributed by atoms with Gasteiger partial charge in [-0.2, -0.15) is 0 Å². The van der Waals surface area contributed by atoms with Gasteiger partial charge in [0.2, 0.25) is 0 Å². The van der Waals surface area contributed by atoms with Gasteiger partial charge in [-0.25, -0.2) is 0 Å². The molecule has 0 aromatic rings. The summed E-state index contributed by atoms with van der Waals surface area (Å²) in [5.41, 5.74) is 0.619. The topological polar surface area (TPSA) is 21.7 Å². The van der Waals surface area contributed by atoms with Crippen molar-refractivity contribution >= 4 is 0 Å². The molecule has 80 valence electrons. The van der Waals surface area contributed by atoms with Crippen LogP contribution in [0.15, 0.2) is 0 Å². The third-order valence-corrected chi connectivity index (χ3v) is 3.75. The van der Waals surface area contributed by atoms with Crippen LogP contribution in [0.2, 0.25) is 0 Å². The van der Waals surface area contributed by atoms with Gasteiger partial charge in [-0.15, -0.1) is 0 Å². The highest BCUT2D eigenvalue weighted by Crippen LogP contribution is 2.46. The first-order valence-electron chi connectivity index (χ1n) is 5.71. The van der Waals surface area contributed by atoms with Gasteiger partial charge in [0.15, 0.2) is 0 Å². The minimum absolute atomic E-state index is 0.353. The van der Waals surface area contributed by atoms with Crippen LogP contribution in [0.3, 0.4) is 0 Å². The van der Waals surface area contributed by atoms with Crippen LogP contribution in [0, 0.1) is 5.41 Å². The molecule has 0 N–H and O–H groups in total. The zero-order valence-electron chi connectivity index (χ0n) is 8.87. The van der Waals surface area contributed by atoms with Crippen LogP contribution < -0.4 is 0 Å². The SMILES string of the molecule is CC1(CN2C[C@@H]3OCCO[C@@H]3C2)CC1. The van der Waals surface area contributed by atoms with Crippen molar-refractivity contribution < 1.29 is 9.47 Å². The molecule has 2 saturated heterocycles. The smallest absolute Gasteiger partial charge is 0.0976 e. The van der Waals surface area contributed by atoms with E-state index in [4.69, 9.17) is 9.47 Å². The molecule has 14 heavy (non-hydrogen) atoms. The predicted molar refractivity (Wildman–Crippen MR) is 53.3 cm³/mol. The number of rotatable bonds is 2. The van der Waals surface area contributed by atoms with Gasteiger partial charge in [0, 0.05) is 19.6 Å². The summed E-state index contributed by atoms with van der Waals surface area (Å²) in [7, 11) is 0. The van der Waals surface area contributed by atoms with Crippen molar-refractivity contribution in [3.63, 3.8) is 0 Å². The number of fused-ring (bicyclic) bond motifs is 1. The third kappa shape index (κ3) is 1.69. The fraction of sp³-hybridized carbons (Fsp3) is 1.00. The second-order valence-corrected chi connectivity index (χ2v) is 5.32. The Morgan fingerprint density at radius 3 is 2.21 bits per heavy atom. The van der Waals surface area contributed by atoms with Crippen LogP contribution in [-0.4, -0.2) is 50.0 Å². The van der Waals surface area contributed by atoms with Crippen molar-refractivity contribution in [2.75, 3.05) is 32.8 Å². The van der Waals surface area contributed by atoms with Crippen LogP contribution in [0.1, 0.15) is 19.8 Å². The van der Waals surface area contributed by atoms with Crippen LogP contribution in [-0.2, 0) is 9.47 Å². The minimum atomic E-state index is 0.353. The van der Waals surface area contributed by atoms with E-state index in [1.807, 2.05) is 0 Å². The maximum atomic E-state index is 5.70. The van der Waals surface area contributed by atoms with Gasteiger partial charge in [-0.1, -0.05) is 6.92 Å². The lowest BCUT2D eigenvalue weighted by Crippen LogP contribution is -2.36. The first-order chi connectivity index (χ1) is 6.75. The second-order valence-electron chi connectivity index (χ2n) is 5.32. The maximum Gasteiger partial charge on any atom is 0.0976 e. The van der Waals surface area contributed by atoms with Crippen molar-refractivity contribution in [3.8, 4) is 0 Å². The van der Waals surface area contributed by atoms with E-state index in [0.29, 0.717) is 17.6 Å². The Balaban J connectivity index is 1.57. The molecule has 1 saturated carbocycles. The van der Waals surface area contributed by atoms with E-state index in [1.54, 1.807) is 0 Å². The number of ether oxygens (including phenoxy) is 2. The third-order valence-electron chi connectivity index (χ3n) is 3.75. The highest BCUT2D eigenvalue weighted by molar-refractivity contribution is 4.96. The Morgan fingerprint density at radius 2 is 1.71 bits per heavy atom. The number of hydrogen-bond acceptors (Lipinski definition) is 3. The molecule has 0 unspecified atom stereocenters. The van der Waals surface area contributed by atoms with Crippen LogP contribution in [0.25, 0.3) is 0 Å². The van der Waals surface area contributed by atoms with Gasteiger partial charge in [0.1, 0.15) is 0 Å². The summed E-state index contributed by atoms with van der Waals surface area (Å²) in [6.07, 6.45) is 3.51. The zero-order chi connectivity index (χ0) is 9.60. The first kappa shape index (κ1) is 9.13. The molecule has 1 aliphatic carbocycles. The minimum Gasteiger partial charge on any atom is -0.372 e. The molecule has 3 rings (SSSR count). The summed E-state index contributed by atoms with van der Waals surface area (Å²) < 4.78 is 11.4. The van der Waals surface area contributed by atoms with Gasteiger partial charge < -0.3 is 9.47 Å². The molecule has 0 spiro atoms. The number of hydrogen-bond donors (Lipinski definition) is 0. The molecule has 0 aromatic carbocycles. The summed E-state index contributed by atoms with van der Waals surface area (Å²) in [6.45, 7) is 7.36. The molecular weight excluding hydrogens is 178 g/mol. The van der Waals surface area contributed by atoms with E-state index >= 15 is 0 Å². The van der Waals surface area contributed by atoms with Crippen molar-refractivity contribution in [1.29, 1.82) is 0 Å². The van der Waals surface area contributed by atoms with Crippen LogP contribution in [0.4, 0.5) is 0 Å². The predicted octanol–water partition coefficient (Wildman–Crippen LogP) is 0.886. The van der Waals surface area contributed by atoms with Crippen molar-refractivity contribution in [1.82, 2.24) is 4.90 Å². The number of nitrogens with zero attached hydrogens (tertiary/aromatic N) is 1. The standard InChI is InChI=1S/C11H19NO2/c1-11(2-3-11)8-12-6-9-10(7-12)14-5-4-13-9/h9-10H,2-8H2,1H3/t9-,10+. The second kappa shape index (κ2) is 3.19. The molecule has 3 aliphatic rings. The average Bonchev–Trinajstić information content (AvgIpc) is 2.77. The van der Waals surface area contributed by atoms with E-state index in [2.05, 4.69) is 11.8 Å². The lowest BCUT2D eigenvalue weighted by Gasteiger charge is -2.24. The van der Waals surface area contributed by atoms with Gasteiger partial charge in [-0.05, 0) is 18.3 Å². The highest BCUT2D eigenvalue weighted by atomic mass is 16.6. The summed E-state index contributed by atoms with van der Waals surface area (Å²) in [5.74, 6) is 0. The molecule has 2 heterocycles. The van der Waals surface area contributed by atoms with Gasteiger partial charge in [0.05, 0.1) is 25.4 Å². The quantitative estimate of drug-likeness (QED) is 0.656. The van der Waals surface area contributed by atoms with Gasteiger partial charge >= 0.3 is 0 Å². The molecule has 3 fully saturated rings. The summed E-state index contributed by atoms with van der Waals surface area (Å²) in [5, 5.41) is 0. The maximum absolute atomic E-state index is 5.70. The van der Waals surface area contributed by atoms with Crippen molar-refractivity contribution in [2.45, 2.75) is 32.0 Å². The Morgan fingerprint density at radius 1 is 1.14 bits per heavy atom. The highest BCUT2D eigenvalue weighted by Gasteiger charge is 2.43. The van der Waals surface area contributed by atoms with E-state index in [-0.39, 0.29) is 0 Å². The Labute approximate surface area is 85.4 Å². The Kier molecular flexibility index (Phi) is 2.08. The van der Waals surface area contributed by atoms with Crippen LogP contribution >= 0.6 is 0 Å².